The zero-order chi connectivity index (χ0) is 11.1. The van der Waals surface area contributed by atoms with Gasteiger partial charge in [-0.25, -0.2) is 4.79 Å². The molecule has 14 heavy (non-hydrogen) atoms. The van der Waals surface area contributed by atoms with E-state index in [9.17, 15) is 9.59 Å². The highest BCUT2D eigenvalue weighted by molar-refractivity contribution is 5.66. The lowest BCUT2D eigenvalue weighted by molar-refractivity contribution is -0.176. The van der Waals surface area contributed by atoms with Gasteiger partial charge >= 0.3 is 12.1 Å². The van der Waals surface area contributed by atoms with Crippen LogP contribution in [-0.4, -0.2) is 25.0 Å². The summed E-state index contributed by atoms with van der Waals surface area (Å²) in [5.74, 6) is -0.601. The molecule has 0 aliphatic heterocycles. The number of hydrogen-bond acceptors (Lipinski definition) is 5. The standard InChI is InChI=1S/C9H16O5/c1-5-12-9(11)14-8(6(2)3)13-7(4)10/h6,8H,5H2,1-4H3/t8-/m0/s1. The summed E-state index contributed by atoms with van der Waals surface area (Å²) in [6, 6.07) is 0. The van der Waals surface area contributed by atoms with Gasteiger partial charge in [-0.3, -0.25) is 4.79 Å². The zero-order valence-corrected chi connectivity index (χ0v) is 8.90. The van der Waals surface area contributed by atoms with Crippen molar-refractivity contribution in [3.63, 3.8) is 0 Å². The summed E-state index contributed by atoms with van der Waals surface area (Å²) in [4.78, 5) is 21.5. The predicted octanol–water partition coefficient (Wildman–Crippen LogP) is 1.70. The predicted molar refractivity (Wildman–Crippen MR) is 48.5 cm³/mol. The van der Waals surface area contributed by atoms with E-state index >= 15 is 0 Å². The fourth-order valence-electron chi connectivity index (χ4n) is 0.707. The van der Waals surface area contributed by atoms with Gasteiger partial charge in [0, 0.05) is 12.8 Å². The van der Waals surface area contributed by atoms with Gasteiger partial charge in [0.15, 0.2) is 0 Å². The van der Waals surface area contributed by atoms with Gasteiger partial charge in [0.05, 0.1) is 6.61 Å². The number of carbonyl (C=O) groups excluding carboxylic acids is 2. The molecule has 0 aliphatic carbocycles. The molecule has 0 saturated carbocycles. The first-order valence-corrected chi connectivity index (χ1v) is 4.48. The van der Waals surface area contributed by atoms with Crippen molar-refractivity contribution in [1.82, 2.24) is 0 Å². The van der Waals surface area contributed by atoms with E-state index in [0.717, 1.165) is 0 Å². The summed E-state index contributed by atoms with van der Waals surface area (Å²) in [6.45, 7) is 6.69. The second-order valence-corrected chi connectivity index (χ2v) is 3.02. The average molecular weight is 204 g/mol. The molecular weight excluding hydrogens is 188 g/mol. The lowest BCUT2D eigenvalue weighted by Crippen LogP contribution is -2.28. The number of rotatable bonds is 4. The number of carbonyl (C=O) groups is 2. The molecule has 5 nitrogen and oxygen atoms in total. The maximum Gasteiger partial charge on any atom is 0.511 e. The summed E-state index contributed by atoms with van der Waals surface area (Å²) in [6.07, 6.45) is -1.71. The van der Waals surface area contributed by atoms with Crippen LogP contribution in [0.1, 0.15) is 27.7 Å². The Hall–Kier alpha value is -1.26. The van der Waals surface area contributed by atoms with Gasteiger partial charge in [0.2, 0.25) is 0 Å². The molecule has 0 aliphatic rings. The molecule has 0 spiro atoms. The zero-order valence-electron chi connectivity index (χ0n) is 8.90. The molecule has 0 amide bonds. The molecule has 0 bridgehead atoms. The summed E-state index contributed by atoms with van der Waals surface area (Å²) in [7, 11) is 0. The third-order valence-corrected chi connectivity index (χ3v) is 1.30. The molecule has 0 aromatic carbocycles. The third-order valence-electron chi connectivity index (χ3n) is 1.30. The SMILES string of the molecule is CCOC(=O)O[C@H](OC(C)=O)C(C)C. The van der Waals surface area contributed by atoms with Crippen molar-refractivity contribution < 1.29 is 23.8 Å². The van der Waals surface area contributed by atoms with Crippen LogP contribution in [0.2, 0.25) is 0 Å². The van der Waals surface area contributed by atoms with E-state index < -0.39 is 18.4 Å². The van der Waals surface area contributed by atoms with E-state index in [1.807, 2.05) is 0 Å². The Morgan fingerprint density at radius 3 is 2.14 bits per heavy atom. The van der Waals surface area contributed by atoms with Crippen LogP contribution in [0.25, 0.3) is 0 Å². The minimum atomic E-state index is -0.883. The molecule has 0 unspecified atom stereocenters. The van der Waals surface area contributed by atoms with Crippen LogP contribution in [-0.2, 0) is 19.0 Å². The number of ether oxygens (including phenoxy) is 3. The Morgan fingerprint density at radius 2 is 1.79 bits per heavy atom. The van der Waals surface area contributed by atoms with Gasteiger partial charge in [-0.2, -0.15) is 0 Å². The molecular formula is C9H16O5. The van der Waals surface area contributed by atoms with Crippen LogP contribution >= 0.6 is 0 Å². The minimum absolute atomic E-state index is 0.108. The molecule has 0 saturated heterocycles. The van der Waals surface area contributed by atoms with Gasteiger partial charge in [0.1, 0.15) is 0 Å². The summed E-state index contributed by atoms with van der Waals surface area (Å²) in [5.41, 5.74) is 0. The smallest absolute Gasteiger partial charge is 0.435 e. The van der Waals surface area contributed by atoms with Gasteiger partial charge < -0.3 is 14.2 Å². The first-order chi connectivity index (χ1) is 6.47. The molecule has 5 heteroatoms. The first kappa shape index (κ1) is 12.7. The van der Waals surface area contributed by atoms with Crippen molar-refractivity contribution in [3.8, 4) is 0 Å². The largest absolute Gasteiger partial charge is 0.511 e. The Kier molecular flexibility index (Phi) is 5.67. The van der Waals surface area contributed by atoms with Crippen LogP contribution in [0.4, 0.5) is 4.79 Å². The fourth-order valence-corrected chi connectivity index (χ4v) is 0.707. The van der Waals surface area contributed by atoms with Gasteiger partial charge in [-0.1, -0.05) is 13.8 Å². The molecule has 0 aromatic rings. The van der Waals surface area contributed by atoms with E-state index in [4.69, 9.17) is 9.47 Å². The van der Waals surface area contributed by atoms with Gasteiger partial charge in [-0.05, 0) is 6.92 Å². The lowest BCUT2D eigenvalue weighted by Gasteiger charge is -2.19. The third kappa shape index (κ3) is 5.40. The van der Waals surface area contributed by atoms with Crippen LogP contribution in [0.3, 0.4) is 0 Å². The quantitative estimate of drug-likeness (QED) is 0.515. The van der Waals surface area contributed by atoms with Crippen LogP contribution in [0.15, 0.2) is 0 Å². The Labute approximate surface area is 83.3 Å². The maximum atomic E-state index is 10.9. The second-order valence-electron chi connectivity index (χ2n) is 3.02. The highest BCUT2D eigenvalue weighted by atomic mass is 16.8. The summed E-state index contributed by atoms with van der Waals surface area (Å²) in [5, 5.41) is 0. The first-order valence-electron chi connectivity index (χ1n) is 4.48. The van der Waals surface area contributed by atoms with Crippen molar-refractivity contribution in [2.24, 2.45) is 5.92 Å². The molecule has 1 atom stereocenters. The van der Waals surface area contributed by atoms with Crippen LogP contribution in [0.5, 0.6) is 0 Å². The molecule has 0 fully saturated rings. The van der Waals surface area contributed by atoms with E-state index in [1.165, 1.54) is 6.92 Å². The van der Waals surface area contributed by atoms with E-state index in [1.54, 1.807) is 20.8 Å². The Morgan fingerprint density at radius 1 is 1.21 bits per heavy atom. The van der Waals surface area contributed by atoms with Gasteiger partial charge in [0.25, 0.3) is 6.29 Å². The second kappa shape index (κ2) is 6.23. The number of hydrogen-bond donors (Lipinski definition) is 0. The molecule has 0 heterocycles. The lowest BCUT2D eigenvalue weighted by atomic mass is 10.2. The van der Waals surface area contributed by atoms with Crippen molar-refractivity contribution in [2.75, 3.05) is 6.61 Å². The summed E-state index contributed by atoms with van der Waals surface area (Å²) < 4.78 is 14.1. The van der Waals surface area contributed by atoms with Crippen molar-refractivity contribution in [3.05, 3.63) is 0 Å². The van der Waals surface area contributed by atoms with E-state index in [2.05, 4.69) is 4.74 Å². The fraction of sp³-hybridized carbons (Fsp3) is 0.778. The normalized spacial score (nSPS) is 12.1. The highest BCUT2D eigenvalue weighted by Gasteiger charge is 2.21. The van der Waals surface area contributed by atoms with Crippen molar-refractivity contribution >= 4 is 12.1 Å². The summed E-state index contributed by atoms with van der Waals surface area (Å²) >= 11 is 0. The topological polar surface area (TPSA) is 61.8 Å². The maximum absolute atomic E-state index is 10.9. The Balaban J connectivity index is 4.09. The highest BCUT2D eigenvalue weighted by Crippen LogP contribution is 2.09. The molecule has 0 rings (SSSR count). The molecule has 0 aromatic heterocycles. The Bertz CT molecular complexity index is 199. The van der Waals surface area contributed by atoms with E-state index in [0.29, 0.717) is 0 Å². The van der Waals surface area contributed by atoms with Crippen LogP contribution < -0.4 is 0 Å². The molecule has 82 valence electrons. The molecule has 0 N–H and O–H groups in total. The van der Waals surface area contributed by atoms with E-state index in [-0.39, 0.29) is 12.5 Å². The number of esters is 1. The van der Waals surface area contributed by atoms with Gasteiger partial charge in [-0.15, -0.1) is 0 Å². The average Bonchev–Trinajstić information content (AvgIpc) is 2.02. The molecule has 0 radical (unpaired) electrons. The monoisotopic (exact) mass is 204 g/mol. The minimum Gasteiger partial charge on any atom is -0.435 e. The van der Waals surface area contributed by atoms with Crippen LogP contribution in [0, 0.1) is 5.92 Å². The van der Waals surface area contributed by atoms with Crippen molar-refractivity contribution in [1.29, 1.82) is 0 Å². The van der Waals surface area contributed by atoms with Crippen molar-refractivity contribution in [2.45, 2.75) is 34.0 Å².